The molecular weight excluding hydrogens is 763 g/mol. The summed E-state index contributed by atoms with van der Waals surface area (Å²) in [5, 5.41) is 35.3. The van der Waals surface area contributed by atoms with E-state index in [1.807, 2.05) is 71.6 Å². The Bertz CT molecular complexity index is 2320. The number of aliphatic hydroxyl groups is 1. The third-order valence-electron chi connectivity index (χ3n) is 11.9. The van der Waals surface area contributed by atoms with Crippen LogP contribution in [0.4, 0.5) is 5.69 Å². The van der Waals surface area contributed by atoms with Crippen molar-refractivity contribution in [1.82, 2.24) is 20.1 Å². The van der Waals surface area contributed by atoms with Crippen molar-refractivity contribution in [2.24, 2.45) is 0 Å². The second-order valence-corrected chi connectivity index (χ2v) is 15.7. The molecule has 13 nitrogen and oxygen atoms in total. The van der Waals surface area contributed by atoms with Crippen molar-refractivity contribution in [3.8, 4) is 5.75 Å². The van der Waals surface area contributed by atoms with Crippen molar-refractivity contribution in [1.29, 1.82) is 0 Å². The maximum atomic E-state index is 14.1. The number of para-hydroxylation sites is 1. The number of aromatic nitrogens is 1. The van der Waals surface area contributed by atoms with Gasteiger partial charge in [-0.2, -0.15) is 0 Å². The number of aromatic hydroxyl groups is 1. The third kappa shape index (κ3) is 9.87. The molecule has 0 spiro atoms. The number of phenols is 1. The van der Waals surface area contributed by atoms with Crippen molar-refractivity contribution < 1.29 is 34.4 Å². The first-order chi connectivity index (χ1) is 29.1. The number of amides is 2. The molecule has 1 aromatic heterocycles. The molecule has 1 atom stereocenters. The average molecular weight is 816 g/mol. The molecule has 0 unspecified atom stereocenters. The van der Waals surface area contributed by atoms with E-state index in [4.69, 9.17) is 4.74 Å². The van der Waals surface area contributed by atoms with Crippen molar-refractivity contribution in [3.63, 3.8) is 0 Å². The summed E-state index contributed by atoms with van der Waals surface area (Å²) in [7, 11) is 0. The van der Waals surface area contributed by atoms with Gasteiger partial charge in [-0.25, -0.2) is 0 Å². The summed E-state index contributed by atoms with van der Waals surface area (Å²) in [6.07, 6.45) is 0.801. The van der Waals surface area contributed by atoms with Crippen LogP contribution in [0.15, 0.2) is 108 Å². The van der Waals surface area contributed by atoms with Gasteiger partial charge in [-0.05, 0) is 71.8 Å². The number of aliphatic hydroxyl groups excluding tert-OH is 1. The summed E-state index contributed by atoms with van der Waals surface area (Å²) in [4.78, 5) is 60.2. The molecule has 2 amide bonds. The summed E-state index contributed by atoms with van der Waals surface area (Å²) in [5.41, 5.74) is 4.07. The lowest BCUT2D eigenvalue weighted by Crippen LogP contribution is -2.49. The first kappa shape index (κ1) is 42.1. The lowest BCUT2D eigenvalue weighted by Gasteiger charge is -2.39. The average Bonchev–Trinajstić information content (AvgIpc) is 3.27. The number of nitrogens with zero attached hydrogens (tertiary/aromatic N) is 3. The molecule has 5 N–H and O–H groups in total. The largest absolute Gasteiger partial charge is 0.506 e. The lowest BCUT2D eigenvalue weighted by atomic mass is 9.73. The van der Waals surface area contributed by atoms with Crippen LogP contribution in [0.2, 0.25) is 0 Å². The normalized spacial score (nSPS) is 15.8. The number of hydrogen-bond donors (Lipinski definition) is 5. The van der Waals surface area contributed by atoms with Gasteiger partial charge in [0.25, 0.3) is 0 Å². The Morgan fingerprint density at radius 2 is 1.52 bits per heavy atom. The van der Waals surface area contributed by atoms with E-state index in [0.717, 1.165) is 41.0 Å². The molecule has 60 heavy (non-hydrogen) atoms. The molecule has 2 aliphatic rings. The molecular formula is C47H53N5O8. The number of benzene rings is 4. The number of nitrogens with one attached hydrogen (secondary N) is 2. The molecule has 5 aromatic rings. The molecule has 3 heterocycles. The van der Waals surface area contributed by atoms with E-state index in [1.54, 1.807) is 17.0 Å². The number of carbonyl (C=O) groups is 3. The van der Waals surface area contributed by atoms with E-state index in [1.165, 1.54) is 12.1 Å². The minimum Gasteiger partial charge on any atom is -0.506 e. The van der Waals surface area contributed by atoms with Crippen LogP contribution in [0.25, 0.3) is 10.9 Å². The predicted octanol–water partition coefficient (Wildman–Crippen LogP) is 4.54. The zero-order valence-corrected chi connectivity index (χ0v) is 33.7. The molecule has 7 rings (SSSR count). The molecule has 0 radical (unpaired) electrons. The lowest BCUT2D eigenvalue weighted by molar-refractivity contribution is -0.148. The standard InChI is InChI=1S/C47H53N5O8/c53-40-17-15-37(38-16-18-42(55)49-45(38)40)41(54)31-48-21-6-22-52(32-35-7-4-5-10-39(35)50-25-27-60-28-26-50)44(57)30-34-13-11-33(12-14-34)29-43(56)51-23-19-47(20-24-51,46(58)59)36-8-2-1-3-9-36/h1-5,7-18,41,48,53-54H,6,19-32H2,(H,49,55)(H,58,59)/t41-/m0/s1. The fraction of sp³-hybridized carbons (Fsp3) is 0.362. The molecule has 0 aliphatic carbocycles. The minimum absolute atomic E-state index is 0.0335. The van der Waals surface area contributed by atoms with Crippen LogP contribution in [-0.2, 0) is 43.9 Å². The van der Waals surface area contributed by atoms with Crippen LogP contribution < -0.4 is 15.8 Å². The number of carboxylic acids is 1. The zero-order valence-electron chi connectivity index (χ0n) is 33.7. The number of carbonyl (C=O) groups excluding carboxylic acids is 2. The van der Waals surface area contributed by atoms with E-state index >= 15 is 0 Å². The van der Waals surface area contributed by atoms with Crippen LogP contribution in [0, 0.1) is 0 Å². The number of pyridine rings is 1. The van der Waals surface area contributed by atoms with Gasteiger partial charge in [-0.15, -0.1) is 0 Å². The van der Waals surface area contributed by atoms with E-state index < -0.39 is 17.5 Å². The molecule has 13 heteroatoms. The number of fused-ring (bicyclic) bond motifs is 1. The van der Waals surface area contributed by atoms with Gasteiger partial charge in [0.1, 0.15) is 5.75 Å². The monoisotopic (exact) mass is 815 g/mol. The summed E-state index contributed by atoms with van der Waals surface area (Å²) in [6.45, 7) is 5.22. The highest BCUT2D eigenvalue weighted by Gasteiger charge is 2.43. The van der Waals surface area contributed by atoms with E-state index in [9.17, 15) is 34.5 Å². The van der Waals surface area contributed by atoms with Gasteiger partial charge in [-0.1, -0.05) is 78.9 Å². The number of morpholine rings is 1. The molecule has 4 aromatic carbocycles. The number of carboxylic acid groups (broad SMARTS) is 1. The first-order valence-electron chi connectivity index (χ1n) is 20.7. The van der Waals surface area contributed by atoms with Gasteiger partial charge in [0, 0.05) is 63.0 Å². The number of piperidine rings is 1. The number of ether oxygens (including phenoxy) is 1. The fourth-order valence-electron chi connectivity index (χ4n) is 8.42. The topological polar surface area (TPSA) is 176 Å². The van der Waals surface area contributed by atoms with Crippen molar-refractivity contribution >= 4 is 34.4 Å². The molecule has 0 bridgehead atoms. The predicted molar refractivity (Wildman–Crippen MR) is 229 cm³/mol. The molecule has 0 saturated carbocycles. The van der Waals surface area contributed by atoms with Gasteiger partial charge < -0.3 is 45.1 Å². The smallest absolute Gasteiger partial charge is 0.314 e. The Balaban J connectivity index is 0.967. The number of anilines is 1. The maximum Gasteiger partial charge on any atom is 0.314 e. The van der Waals surface area contributed by atoms with E-state index in [-0.39, 0.29) is 48.0 Å². The summed E-state index contributed by atoms with van der Waals surface area (Å²) >= 11 is 0. The second-order valence-electron chi connectivity index (χ2n) is 15.7. The number of rotatable bonds is 16. The molecule has 2 fully saturated rings. The third-order valence-corrected chi connectivity index (χ3v) is 11.9. The second kappa shape index (κ2) is 19.4. The molecule has 314 valence electrons. The first-order valence-corrected chi connectivity index (χ1v) is 20.7. The zero-order chi connectivity index (χ0) is 42.1. The number of H-pyrrole nitrogens is 1. The van der Waals surface area contributed by atoms with Crippen LogP contribution in [0.5, 0.6) is 5.75 Å². The summed E-state index contributed by atoms with van der Waals surface area (Å²) < 4.78 is 5.59. The van der Waals surface area contributed by atoms with Crippen molar-refractivity contribution in [2.75, 3.05) is 63.9 Å². The number of aromatic amines is 1. The van der Waals surface area contributed by atoms with Gasteiger partial charge in [-0.3, -0.25) is 19.2 Å². The van der Waals surface area contributed by atoms with Gasteiger partial charge in [0.05, 0.1) is 43.1 Å². The summed E-state index contributed by atoms with van der Waals surface area (Å²) in [6, 6.07) is 31.0. The number of phenolic OH excluding ortho intramolecular Hbond substituents is 1. The van der Waals surface area contributed by atoms with Gasteiger partial charge in [0.15, 0.2) is 0 Å². The summed E-state index contributed by atoms with van der Waals surface area (Å²) in [5.74, 6) is -1.01. The van der Waals surface area contributed by atoms with Crippen LogP contribution >= 0.6 is 0 Å². The van der Waals surface area contributed by atoms with Crippen molar-refractivity contribution in [2.45, 2.75) is 50.2 Å². The van der Waals surface area contributed by atoms with Crippen LogP contribution in [0.1, 0.15) is 53.2 Å². The van der Waals surface area contributed by atoms with Crippen LogP contribution in [-0.4, -0.2) is 107 Å². The van der Waals surface area contributed by atoms with Gasteiger partial charge in [0.2, 0.25) is 17.4 Å². The van der Waals surface area contributed by atoms with E-state index in [0.29, 0.717) is 76.1 Å². The molecule has 2 aliphatic heterocycles. The Hall–Kier alpha value is -6.02. The number of hydrogen-bond acceptors (Lipinski definition) is 9. The Labute approximate surface area is 349 Å². The Morgan fingerprint density at radius 3 is 2.23 bits per heavy atom. The maximum absolute atomic E-state index is 14.1. The Morgan fingerprint density at radius 1 is 0.833 bits per heavy atom. The Kier molecular flexibility index (Phi) is 13.6. The highest BCUT2D eigenvalue weighted by molar-refractivity contribution is 5.87. The number of aliphatic carboxylic acids is 1. The fourth-order valence-corrected chi connectivity index (χ4v) is 8.42. The minimum atomic E-state index is -1.00. The van der Waals surface area contributed by atoms with Crippen LogP contribution in [0.3, 0.4) is 0 Å². The SMILES string of the molecule is O=C(Cc1ccc(CC(=O)N(CCCNC[C@H](O)c2ccc(O)c3[nH]c(=O)ccc23)Cc2ccccc2N2CCOCC2)cc1)N1CCC(C(=O)O)(c2ccccc2)CC1. The number of likely N-dealkylation sites (tertiary alicyclic amines) is 1. The van der Waals surface area contributed by atoms with E-state index in [2.05, 4.69) is 27.3 Å². The highest BCUT2D eigenvalue weighted by atomic mass is 16.5. The van der Waals surface area contributed by atoms with Gasteiger partial charge >= 0.3 is 5.97 Å². The quantitative estimate of drug-likeness (QED) is 0.0890. The molecule has 2 saturated heterocycles. The van der Waals surface area contributed by atoms with Crippen molar-refractivity contribution in [3.05, 3.63) is 141 Å². The highest BCUT2D eigenvalue weighted by Crippen LogP contribution is 2.36.